The van der Waals surface area contributed by atoms with Gasteiger partial charge in [0, 0.05) is 17.5 Å². The van der Waals surface area contributed by atoms with Gasteiger partial charge in [0.1, 0.15) is 0 Å². The number of nitrogens with one attached hydrogen (secondary N) is 1. The second kappa shape index (κ2) is 8.12. The van der Waals surface area contributed by atoms with E-state index in [1.807, 2.05) is 6.92 Å². The minimum Gasteiger partial charge on any atom is -0.396 e. The number of benzene rings is 1. The summed E-state index contributed by atoms with van der Waals surface area (Å²) < 4.78 is 25.7. The molecule has 106 valence electrons. The molecule has 0 bridgehead atoms. The fraction of sp³-hybridized carbons (Fsp3) is 0.462. The van der Waals surface area contributed by atoms with Gasteiger partial charge in [-0.3, -0.25) is 4.79 Å². The summed E-state index contributed by atoms with van der Waals surface area (Å²) in [6.07, 6.45) is 1.25. The molecule has 0 aromatic heterocycles. The van der Waals surface area contributed by atoms with E-state index in [1.165, 1.54) is 6.07 Å². The highest BCUT2D eigenvalue weighted by Crippen LogP contribution is 2.20. The maximum absolute atomic E-state index is 13.0. The number of aliphatic hydroxyl groups is 1. The number of carbonyl (C=O) groups is 1. The second-order valence-corrected chi connectivity index (χ2v) is 5.10. The van der Waals surface area contributed by atoms with Gasteiger partial charge >= 0.3 is 0 Å². The lowest BCUT2D eigenvalue weighted by Crippen LogP contribution is -2.36. The van der Waals surface area contributed by atoms with Gasteiger partial charge in [-0.25, -0.2) is 8.78 Å². The fourth-order valence-electron chi connectivity index (χ4n) is 1.52. The number of amides is 1. The number of rotatable bonds is 7. The highest BCUT2D eigenvalue weighted by Gasteiger charge is 2.10. The molecule has 0 spiro atoms. The minimum atomic E-state index is -0.919. The van der Waals surface area contributed by atoms with Gasteiger partial charge in [0.15, 0.2) is 11.6 Å². The van der Waals surface area contributed by atoms with Crippen molar-refractivity contribution in [3.63, 3.8) is 0 Å². The molecule has 0 aliphatic carbocycles. The van der Waals surface area contributed by atoms with Crippen LogP contribution in [0.25, 0.3) is 0 Å². The normalized spacial score (nSPS) is 12.2. The molecule has 1 atom stereocenters. The Morgan fingerprint density at radius 1 is 1.42 bits per heavy atom. The topological polar surface area (TPSA) is 49.3 Å². The molecular weight excluding hydrogens is 272 g/mol. The van der Waals surface area contributed by atoms with Gasteiger partial charge in [-0.05, 0) is 31.0 Å². The van der Waals surface area contributed by atoms with Gasteiger partial charge in [-0.1, -0.05) is 6.92 Å². The summed E-state index contributed by atoms with van der Waals surface area (Å²) in [4.78, 5) is 12.1. The lowest BCUT2D eigenvalue weighted by molar-refractivity contribution is -0.119. The standard InChI is InChI=1S/C13H17F2NO2S/c1-2-9(5-6-17)16-13(18)8-19-10-3-4-11(14)12(15)7-10/h3-4,7,9,17H,2,5-6,8H2,1H3,(H,16,18). The molecule has 0 fully saturated rings. The van der Waals surface area contributed by atoms with Gasteiger partial charge in [-0.2, -0.15) is 0 Å². The summed E-state index contributed by atoms with van der Waals surface area (Å²) in [5, 5.41) is 11.6. The third kappa shape index (κ3) is 5.57. The number of halogens is 2. The van der Waals surface area contributed by atoms with Gasteiger partial charge in [0.25, 0.3) is 0 Å². The van der Waals surface area contributed by atoms with Crippen molar-refractivity contribution in [1.29, 1.82) is 0 Å². The first-order valence-electron chi connectivity index (χ1n) is 6.04. The lowest BCUT2D eigenvalue weighted by Gasteiger charge is -2.15. The van der Waals surface area contributed by atoms with Crippen LogP contribution in [0.4, 0.5) is 8.78 Å². The van der Waals surface area contributed by atoms with Gasteiger partial charge in [-0.15, -0.1) is 11.8 Å². The molecule has 0 heterocycles. The predicted molar refractivity (Wildman–Crippen MR) is 71.0 cm³/mol. The van der Waals surface area contributed by atoms with Crippen LogP contribution in [0.2, 0.25) is 0 Å². The molecule has 0 saturated heterocycles. The average Bonchev–Trinajstić information content (AvgIpc) is 2.39. The Labute approximate surface area is 115 Å². The minimum absolute atomic E-state index is 0.0229. The Hall–Kier alpha value is -1.14. The van der Waals surface area contributed by atoms with Crippen molar-refractivity contribution in [2.45, 2.75) is 30.7 Å². The van der Waals surface area contributed by atoms with Crippen molar-refractivity contribution >= 4 is 17.7 Å². The van der Waals surface area contributed by atoms with Crippen molar-refractivity contribution < 1.29 is 18.7 Å². The maximum Gasteiger partial charge on any atom is 0.230 e. The zero-order valence-corrected chi connectivity index (χ0v) is 11.5. The van der Waals surface area contributed by atoms with Crippen LogP contribution < -0.4 is 5.32 Å². The SMILES string of the molecule is CCC(CCO)NC(=O)CSc1ccc(F)c(F)c1. The summed E-state index contributed by atoms with van der Waals surface area (Å²) in [5.74, 6) is -1.87. The molecule has 0 saturated carbocycles. The molecule has 0 radical (unpaired) electrons. The number of hydrogen-bond acceptors (Lipinski definition) is 3. The molecule has 6 heteroatoms. The Balaban J connectivity index is 2.43. The van der Waals surface area contributed by atoms with Crippen LogP contribution in [0.1, 0.15) is 19.8 Å². The molecule has 1 aromatic carbocycles. The second-order valence-electron chi connectivity index (χ2n) is 4.05. The zero-order chi connectivity index (χ0) is 14.3. The number of carbonyl (C=O) groups excluding carboxylic acids is 1. The summed E-state index contributed by atoms with van der Waals surface area (Å²) in [5.41, 5.74) is 0. The Morgan fingerprint density at radius 2 is 2.16 bits per heavy atom. The van der Waals surface area contributed by atoms with E-state index in [0.717, 1.165) is 30.3 Å². The Morgan fingerprint density at radius 3 is 2.74 bits per heavy atom. The first-order chi connectivity index (χ1) is 9.06. The van der Waals surface area contributed by atoms with Crippen LogP contribution >= 0.6 is 11.8 Å². The molecule has 0 aliphatic rings. The summed E-state index contributed by atoms with van der Waals surface area (Å²) in [7, 11) is 0. The summed E-state index contributed by atoms with van der Waals surface area (Å²) in [6, 6.07) is 3.48. The zero-order valence-electron chi connectivity index (χ0n) is 10.7. The fourth-order valence-corrected chi connectivity index (χ4v) is 2.25. The van der Waals surface area contributed by atoms with Crippen LogP contribution in [0.3, 0.4) is 0 Å². The van der Waals surface area contributed by atoms with Crippen LogP contribution in [0.5, 0.6) is 0 Å². The van der Waals surface area contributed by atoms with E-state index in [0.29, 0.717) is 11.3 Å². The van der Waals surface area contributed by atoms with Crippen LogP contribution in [0.15, 0.2) is 23.1 Å². The van der Waals surface area contributed by atoms with Crippen molar-refractivity contribution in [3.05, 3.63) is 29.8 Å². The Kier molecular flexibility index (Phi) is 6.80. The molecule has 1 rings (SSSR count). The summed E-state index contributed by atoms with van der Waals surface area (Å²) >= 11 is 1.14. The molecule has 3 nitrogen and oxygen atoms in total. The van der Waals surface area contributed by atoms with Crippen molar-refractivity contribution in [2.24, 2.45) is 0 Å². The van der Waals surface area contributed by atoms with Crippen molar-refractivity contribution in [3.8, 4) is 0 Å². The van der Waals surface area contributed by atoms with E-state index in [4.69, 9.17) is 5.11 Å². The lowest BCUT2D eigenvalue weighted by atomic mass is 10.1. The molecule has 2 N–H and O–H groups in total. The number of aliphatic hydroxyl groups excluding tert-OH is 1. The van der Waals surface area contributed by atoms with E-state index < -0.39 is 11.6 Å². The van der Waals surface area contributed by atoms with Gasteiger partial charge in [0.2, 0.25) is 5.91 Å². The van der Waals surface area contributed by atoms with E-state index >= 15 is 0 Å². The molecular formula is C13H17F2NO2S. The monoisotopic (exact) mass is 289 g/mol. The molecule has 1 aromatic rings. The van der Waals surface area contributed by atoms with Crippen molar-refractivity contribution in [1.82, 2.24) is 5.32 Å². The molecule has 19 heavy (non-hydrogen) atoms. The van der Waals surface area contributed by atoms with Crippen LogP contribution in [0, 0.1) is 11.6 Å². The maximum atomic E-state index is 13.0. The van der Waals surface area contributed by atoms with Crippen molar-refractivity contribution in [2.75, 3.05) is 12.4 Å². The first kappa shape index (κ1) is 15.9. The Bertz CT molecular complexity index is 429. The van der Waals surface area contributed by atoms with Crippen LogP contribution in [-0.2, 0) is 4.79 Å². The number of hydrogen-bond donors (Lipinski definition) is 2. The van der Waals surface area contributed by atoms with E-state index in [2.05, 4.69) is 5.32 Å². The van der Waals surface area contributed by atoms with Gasteiger partial charge in [0.05, 0.1) is 5.75 Å². The van der Waals surface area contributed by atoms with Crippen LogP contribution in [-0.4, -0.2) is 29.4 Å². The number of thioether (sulfide) groups is 1. The average molecular weight is 289 g/mol. The predicted octanol–water partition coefficient (Wildman–Crippen LogP) is 2.33. The molecule has 1 amide bonds. The molecule has 1 unspecified atom stereocenters. The quantitative estimate of drug-likeness (QED) is 0.757. The smallest absolute Gasteiger partial charge is 0.230 e. The largest absolute Gasteiger partial charge is 0.396 e. The third-order valence-electron chi connectivity index (χ3n) is 2.60. The summed E-state index contributed by atoms with van der Waals surface area (Å²) in [6.45, 7) is 1.94. The third-order valence-corrected chi connectivity index (χ3v) is 3.59. The highest BCUT2D eigenvalue weighted by atomic mass is 32.2. The van der Waals surface area contributed by atoms with Gasteiger partial charge < -0.3 is 10.4 Å². The van der Waals surface area contributed by atoms with E-state index in [1.54, 1.807) is 0 Å². The van der Waals surface area contributed by atoms with E-state index in [9.17, 15) is 13.6 Å². The first-order valence-corrected chi connectivity index (χ1v) is 7.03. The molecule has 0 aliphatic heterocycles. The van der Waals surface area contributed by atoms with E-state index in [-0.39, 0.29) is 24.3 Å². The highest BCUT2D eigenvalue weighted by molar-refractivity contribution is 8.00.